The van der Waals surface area contributed by atoms with Gasteiger partial charge in [-0.3, -0.25) is 4.79 Å². The summed E-state index contributed by atoms with van der Waals surface area (Å²) < 4.78 is 0. The Morgan fingerprint density at radius 2 is 1.88 bits per heavy atom. The lowest BCUT2D eigenvalue weighted by atomic mass is 10.0. The van der Waals surface area contributed by atoms with Crippen molar-refractivity contribution in [2.45, 2.75) is 38.5 Å². The third kappa shape index (κ3) is 1.75. The highest BCUT2D eigenvalue weighted by molar-refractivity contribution is 5.82. The van der Waals surface area contributed by atoms with E-state index in [0.29, 0.717) is 11.8 Å². The lowest BCUT2D eigenvalue weighted by Gasteiger charge is -2.13. The van der Waals surface area contributed by atoms with Crippen LogP contribution in [0.1, 0.15) is 38.5 Å². The van der Waals surface area contributed by atoms with E-state index in [0.717, 1.165) is 24.9 Å². The first kappa shape index (κ1) is 10.6. The van der Waals surface area contributed by atoms with Crippen LogP contribution < -0.4 is 11.1 Å². The first-order chi connectivity index (χ1) is 7.76. The molecule has 0 aromatic rings. The number of nitrogens with one attached hydrogen (secondary N) is 1. The molecular formula is C13H22N2O. The molecule has 0 aromatic carbocycles. The molecule has 1 amide bonds. The fourth-order valence-corrected chi connectivity index (χ4v) is 3.40. The Hall–Kier alpha value is -0.570. The van der Waals surface area contributed by atoms with Gasteiger partial charge >= 0.3 is 0 Å². The molecule has 0 spiro atoms. The standard InChI is InChI=1S/C13H22N2O/c14-7-13(5-6-13)8-15-12(16)11-9-3-1-2-4-10(9)11/h9-11H,1-8,14H2,(H,15,16). The van der Waals surface area contributed by atoms with E-state index in [-0.39, 0.29) is 5.41 Å². The normalized spacial score (nSPS) is 38.7. The fourth-order valence-electron chi connectivity index (χ4n) is 3.40. The van der Waals surface area contributed by atoms with E-state index >= 15 is 0 Å². The highest BCUT2D eigenvalue weighted by atomic mass is 16.2. The van der Waals surface area contributed by atoms with Crippen molar-refractivity contribution in [3.8, 4) is 0 Å². The number of hydrogen-bond donors (Lipinski definition) is 2. The molecule has 0 aromatic heterocycles. The first-order valence-electron chi connectivity index (χ1n) is 6.74. The quantitative estimate of drug-likeness (QED) is 0.753. The van der Waals surface area contributed by atoms with Gasteiger partial charge in [-0.15, -0.1) is 0 Å². The zero-order chi connectivity index (χ0) is 11.2. The molecule has 90 valence electrons. The van der Waals surface area contributed by atoms with E-state index in [2.05, 4.69) is 5.32 Å². The van der Waals surface area contributed by atoms with Gasteiger partial charge < -0.3 is 11.1 Å². The Bertz CT molecular complexity index is 286. The van der Waals surface area contributed by atoms with Crippen molar-refractivity contribution >= 4 is 5.91 Å². The maximum absolute atomic E-state index is 12.0. The fraction of sp³-hybridized carbons (Fsp3) is 0.923. The number of hydrogen-bond acceptors (Lipinski definition) is 2. The van der Waals surface area contributed by atoms with Crippen molar-refractivity contribution in [2.24, 2.45) is 28.9 Å². The Morgan fingerprint density at radius 1 is 1.25 bits per heavy atom. The number of amides is 1. The lowest BCUT2D eigenvalue weighted by Crippen LogP contribution is -2.35. The van der Waals surface area contributed by atoms with Gasteiger partial charge in [0.1, 0.15) is 0 Å². The van der Waals surface area contributed by atoms with Crippen molar-refractivity contribution in [3.63, 3.8) is 0 Å². The van der Waals surface area contributed by atoms with Gasteiger partial charge in [0.15, 0.2) is 0 Å². The SMILES string of the molecule is NCC1(CNC(=O)C2C3CCCCC32)CC1. The van der Waals surface area contributed by atoms with E-state index in [1.165, 1.54) is 38.5 Å². The Labute approximate surface area is 97.2 Å². The van der Waals surface area contributed by atoms with Crippen molar-refractivity contribution in [1.29, 1.82) is 0 Å². The lowest BCUT2D eigenvalue weighted by molar-refractivity contribution is -0.123. The predicted octanol–water partition coefficient (Wildman–Crippen LogP) is 1.28. The molecule has 2 atom stereocenters. The van der Waals surface area contributed by atoms with Crippen molar-refractivity contribution < 1.29 is 4.79 Å². The summed E-state index contributed by atoms with van der Waals surface area (Å²) >= 11 is 0. The molecule has 0 bridgehead atoms. The molecule has 3 N–H and O–H groups in total. The van der Waals surface area contributed by atoms with E-state index < -0.39 is 0 Å². The maximum atomic E-state index is 12.0. The van der Waals surface area contributed by atoms with E-state index in [1.54, 1.807) is 0 Å². The second-order valence-corrected chi connectivity index (χ2v) is 6.06. The minimum atomic E-state index is 0.274. The summed E-state index contributed by atoms with van der Waals surface area (Å²) in [7, 11) is 0. The number of fused-ring (bicyclic) bond motifs is 1. The zero-order valence-corrected chi connectivity index (χ0v) is 9.87. The molecule has 3 saturated carbocycles. The van der Waals surface area contributed by atoms with Crippen molar-refractivity contribution in [3.05, 3.63) is 0 Å². The van der Waals surface area contributed by atoms with E-state index in [1.807, 2.05) is 0 Å². The Balaban J connectivity index is 1.47. The van der Waals surface area contributed by atoms with Crippen LogP contribution in [0.15, 0.2) is 0 Å². The summed E-state index contributed by atoms with van der Waals surface area (Å²) in [4.78, 5) is 12.0. The monoisotopic (exact) mass is 222 g/mol. The molecule has 2 unspecified atom stereocenters. The summed E-state index contributed by atoms with van der Waals surface area (Å²) in [5.74, 6) is 2.12. The van der Waals surface area contributed by atoms with Gasteiger partial charge in [-0.05, 0) is 49.5 Å². The molecule has 3 aliphatic carbocycles. The molecule has 3 fully saturated rings. The van der Waals surface area contributed by atoms with Gasteiger partial charge in [0.2, 0.25) is 5.91 Å². The van der Waals surface area contributed by atoms with Crippen molar-refractivity contribution in [2.75, 3.05) is 13.1 Å². The van der Waals surface area contributed by atoms with E-state index in [9.17, 15) is 4.79 Å². The molecule has 3 heteroatoms. The van der Waals surface area contributed by atoms with Gasteiger partial charge in [-0.1, -0.05) is 12.8 Å². The van der Waals surface area contributed by atoms with Crippen LogP contribution >= 0.6 is 0 Å². The van der Waals surface area contributed by atoms with Gasteiger partial charge in [0.05, 0.1) is 0 Å². The second kappa shape index (κ2) is 3.73. The number of carbonyl (C=O) groups excluding carboxylic acids is 1. The molecule has 3 aliphatic rings. The summed E-state index contributed by atoms with van der Waals surface area (Å²) in [5, 5.41) is 3.14. The molecule has 0 aliphatic heterocycles. The maximum Gasteiger partial charge on any atom is 0.223 e. The molecule has 0 saturated heterocycles. The highest BCUT2D eigenvalue weighted by Gasteiger charge is 2.55. The molecule has 0 radical (unpaired) electrons. The Morgan fingerprint density at radius 3 is 2.38 bits per heavy atom. The molecular weight excluding hydrogens is 200 g/mol. The van der Waals surface area contributed by atoms with Crippen LogP contribution in [-0.4, -0.2) is 19.0 Å². The van der Waals surface area contributed by atoms with Crippen LogP contribution in [-0.2, 0) is 4.79 Å². The van der Waals surface area contributed by atoms with Crippen LogP contribution in [0, 0.1) is 23.2 Å². The minimum Gasteiger partial charge on any atom is -0.355 e. The molecule has 3 rings (SSSR count). The number of rotatable bonds is 4. The summed E-state index contributed by atoms with van der Waals surface area (Å²) in [6.07, 6.45) is 7.62. The minimum absolute atomic E-state index is 0.274. The molecule has 16 heavy (non-hydrogen) atoms. The zero-order valence-electron chi connectivity index (χ0n) is 9.87. The van der Waals surface area contributed by atoms with Crippen molar-refractivity contribution in [1.82, 2.24) is 5.32 Å². The van der Waals surface area contributed by atoms with Crippen LogP contribution in [0.2, 0.25) is 0 Å². The first-order valence-corrected chi connectivity index (χ1v) is 6.74. The number of nitrogens with two attached hydrogens (primary N) is 1. The van der Waals surface area contributed by atoms with Crippen LogP contribution in [0.5, 0.6) is 0 Å². The van der Waals surface area contributed by atoms with Crippen LogP contribution in [0.3, 0.4) is 0 Å². The van der Waals surface area contributed by atoms with Gasteiger partial charge in [0.25, 0.3) is 0 Å². The van der Waals surface area contributed by atoms with Crippen LogP contribution in [0.25, 0.3) is 0 Å². The van der Waals surface area contributed by atoms with Crippen LogP contribution in [0.4, 0.5) is 0 Å². The van der Waals surface area contributed by atoms with Gasteiger partial charge in [-0.25, -0.2) is 0 Å². The molecule has 0 heterocycles. The summed E-state index contributed by atoms with van der Waals surface area (Å²) in [6.45, 7) is 1.54. The largest absolute Gasteiger partial charge is 0.355 e. The van der Waals surface area contributed by atoms with Gasteiger partial charge in [-0.2, -0.15) is 0 Å². The molecule has 3 nitrogen and oxygen atoms in total. The predicted molar refractivity (Wildman–Crippen MR) is 62.7 cm³/mol. The number of carbonyl (C=O) groups is 1. The average Bonchev–Trinajstić information content (AvgIpc) is 3.21. The summed E-state index contributed by atoms with van der Waals surface area (Å²) in [6, 6.07) is 0. The van der Waals surface area contributed by atoms with E-state index in [4.69, 9.17) is 5.73 Å². The second-order valence-electron chi connectivity index (χ2n) is 6.06. The average molecular weight is 222 g/mol. The summed E-state index contributed by atoms with van der Waals surface area (Å²) in [5.41, 5.74) is 5.99. The topological polar surface area (TPSA) is 55.1 Å². The van der Waals surface area contributed by atoms with Gasteiger partial charge in [0, 0.05) is 12.5 Å². The smallest absolute Gasteiger partial charge is 0.223 e. The highest BCUT2D eigenvalue weighted by Crippen LogP contribution is 2.55. The third-order valence-electron chi connectivity index (χ3n) is 4.99. The Kier molecular flexibility index (Phi) is 2.46. The third-order valence-corrected chi connectivity index (χ3v) is 4.99.